The van der Waals surface area contributed by atoms with Gasteiger partial charge in [-0.3, -0.25) is 4.79 Å². The van der Waals surface area contributed by atoms with Gasteiger partial charge in [-0.05, 0) is 56.0 Å². The Kier molecular flexibility index (Phi) is 8.16. The molecule has 0 saturated carbocycles. The number of rotatable bonds is 6. The molecular formula is C16H25ClN2O2. The molecule has 1 heterocycles. The highest BCUT2D eigenvalue weighted by atomic mass is 35.5. The lowest BCUT2D eigenvalue weighted by Gasteiger charge is -2.22. The highest BCUT2D eigenvalue weighted by molar-refractivity contribution is 5.85. The molecule has 1 fully saturated rings. The van der Waals surface area contributed by atoms with Gasteiger partial charge in [-0.2, -0.15) is 0 Å². The standard InChI is InChI=1S/C16H24N2O2.ClH/c1-2-13-5-7-15(8-6-13)20-12-16(19)18-11-14-4-3-9-17-10-14;/h5-8,14,17H,2-4,9-12H2,1H3,(H,18,19);1H. The van der Waals surface area contributed by atoms with E-state index in [9.17, 15) is 4.79 Å². The molecular weight excluding hydrogens is 288 g/mol. The number of piperidine rings is 1. The molecule has 0 bridgehead atoms. The summed E-state index contributed by atoms with van der Waals surface area (Å²) in [7, 11) is 0. The van der Waals surface area contributed by atoms with E-state index in [2.05, 4.69) is 17.6 Å². The van der Waals surface area contributed by atoms with Crippen molar-refractivity contribution in [2.45, 2.75) is 26.2 Å². The van der Waals surface area contributed by atoms with Gasteiger partial charge in [-0.25, -0.2) is 0 Å². The third kappa shape index (κ3) is 6.36. The maximum Gasteiger partial charge on any atom is 0.257 e. The van der Waals surface area contributed by atoms with Gasteiger partial charge >= 0.3 is 0 Å². The number of hydrogen-bond acceptors (Lipinski definition) is 3. The third-order valence-corrected chi connectivity index (χ3v) is 3.69. The molecule has 1 amide bonds. The van der Waals surface area contributed by atoms with Crippen LogP contribution in [0.5, 0.6) is 5.75 Å². The summed E-state index contributed by atoms with van der Waals surface area (Å²) in [4.78, 5) is 11.7. The zero-order valence-electron chi connectivity index (χ0n) is 12.6. The minimum Gasteiger partial charge on any atom is -0.484 e. The lowest BCUT2D eigenvalue weighted by Crippen LogP contribution is -2.39. The average molecular weight is 313 g/mol. The van der Waals surface area contributed by atoms with Crippen LogP contribution in [0, 0.1) is 5.92 Å². The van der Waals surface area contributed by atoms with Crippen LogP contribution in [0.1, 0.15) is 25.3 Å². The molecule has 0 aromatic heterocycles. The molecule has 2 rings (SSSR count). The molecule has 1 aromatic rings. The number of aryl methyl sites for hydroxylation is 1. The minimum atomic E-state index is -0.0462. The van der Waals surface area contributed by atoms with Crippen LogP contribution in [0.3, 0.4) is 0 Å². The molecule has 21 heavy (non-hydrogen) atoms. The summed E-state index contributed by atoms with van der Waals surface area (Å²) in [6.07, 6.45) is 3.39. The molecule has 2 N–H and O–H groups in total. The number of halogens is 1. The fraction of sp³-hybridized carbons (Fsp3) is 0.562. The van der Waals surface area contributed by atoms with Gasteiger partial charge in [0.15, 0.2) is 6.61 Å². The van der Waals surface area contributed by atoms with Crippen LogP contribution in [0.15, 0.2) is 24.3 Å². The quantitative estimate of drug-likeness (QED) is 0.846. The summed E-state index contributed by atoms with van der Waals surface area (Å²) in [5.74, 6) is 1.25. The Balaban J connectivity index is 0.00000220. The Morgan fingerprint density at radius 3 is 2.76 bits per heavy atom. The summed E-state index contributed by atoms with van der Waals surface area (Å²) in [6.45, 7) is 5.04. The Morgan fingerprint density at radius 1 is 1.38 bits per heavy atom. The first kappa shape index (κ1) is 17.8. The van der Waals surface area contributed by atoms with E-state index in [4.69, 9.17) is 4.74 Å². The van der Waals surface area contributed by atoms with Crippen molar-refractivity contribution in [3.8, 4) is 5.75 Å². The fourth-order valence-electron chi connectivity index (χ4n) is 2.38. The average Bonchev–Trinajstić information content (AvgIpc) is 2.52. The predicted molar refractivity (Wildman–Crippen MR) is 87.2 cm³/mol. The van der Waals surface area contributed by atoms with Crippen LogP contribution < -0.4 is 15.4 Å². The zero-order valence-corrected chi connectivity index (χ0v) is 13.4. The summed E-state index contributed by atoms with van der Waals surface area (Å²) in [5, 5.41) is 6.29. The number of nitrogens with one attached hydrogen (secondary N) is 2. The first-order chi connectivity index (χ1) is 9.78. The van der Waals surface area contributed by atoms with E-state index < -0.39 is 0 Å². The van der Waals surface area contributed by atoms with Crippen molar-refractivity contribution in [2.75, 3.05) is 26.2 Å². The molecule has 1 atom stereocenters. The van der Waals surface area contributed by atoms with Crippen LogP contribution in [0.25, 0.3) is 0 Å². The molecule has 0 radical (unpaired) electrons. The molecule has 4 nitrogen and oxygen atoms in total. The number of hydrogen-bond donors (Lipinski definition) is 2. The number of amides is 1. The second-order valence-electron chi connectivity index (χ2n) is 5.30. The summed E-state index contributed by atoms with van der Waals surface area (Å²) in [5.41, 5.74) is 1.27. The van der Waals surface area contributed by atoms with E-state index in [1.165, 1.54) is 18.4 Å². The monoisotopic (exact) mass is 312 g/mol. The highest BCUT2D eigenvalue weighted by Gasteiger charge is 2.13. The fourth-order valence-corrected chi connectivity index (χ4v) is 2.38. The Bertz CT molecular complexity index is 417. The van der Waals surface area contributed by atoms with Gasteiger partial charge < -0.3 is 15.4 Å². The molecule has 1 unspecified atom stereocenters. The van der Waals surface area contributed by atoms with Crippen molar-refractivity contribution in [3.05, 3.63) is 29.8 Å². The Morgan fingerprint density at radius 2 is 2.14 bits per heavy atom. The second kappa shape index (κ2) is 9.64. The van der Waals surface area contributed by atoms with Crippen molar-refractivity contribution < 1.29 is 9.53 Å². The minimum absolute atomic E-state index is 0. The lowest BCUT2D eigenvalue weighted by molar-refractivity contribution is -0.123. The van der Waals surface area contributed by atoms with Crippen LogP contribution in [-0.4, -0.2) is 32.1 Å². The second-order valence-corrected chi connectivity index (χ2v) is 5.30. The Hall–Kier alpha value is -1.26. The van der Waals surface area contributed by atoms with Gasteiger partial charge in [0, 0.05) is 6.54 Å². The van der Waals surface area contributed by atoms with Crippen LogP contribution in [-0.2, 0) is 11.2 Å². The molecule has 118 valence electrons. The van der Waals surface area contributed by atoms with Crippen LogP contribution >= 0.6 is 12.4 Å². The molecule has 1 aromatic carbocycles. The topological polar surface area (TPSA) is 50.4 Å². The maximum atomic E-state index is 11.7. The number of carbonyl (C=O) groups excluding carboxylic acids is 1. The van der Waals surface area contributed by atoms with Gasteiger partial charge in [0.25, 0.3) is 5.91 Å². The first-order valence-corrected chi connectivity index (χ1v) is 7.47. The number of ether oxygens (including phenoxy) is 1. The van der Waals surface area contributed by atoms with E-state index in [1.54, 1.807) is 0 Å². The lowest BCUT2D eigenvalue weighted by atomic mass is 10.00. The van der Waals surface area contributed by atoms with Crippen molar-refractivity contribution >= 4 is 18.3 Å². The van der Waals surface area contributed by atoms with Crippen molar-refractivity contribution in [1.29, 1.82) is 0 Å². The number of carbonyl (C=O) groups is 1. The van der Waals surface area contributed by atoms with Gasteiger partial charge in [0.1, 0.15) is 5.75 Å². The third-order valence-electron chi connectivity index (χ3n) is 3.69. The van der Waals surface area contributed by atoms with Crippen LogP contribution in [0.2, 0.25) is 0 Å². The molecule has 1 aliphatic rings. The van der Waals surface area contributed by atoms with Crippen LogP contribution in [0.4, 0.5) is 0 Å². The normalized spacial score (nSPS) is 17.7. The highest BCUT2D eigenvalue weighted by Crippen LogP contribution is 2.12. The maximum absolute atomic E-state index is 11.7. The van der Waals surface area contributed by atoms with E-state index in [-0.39, 0.29) is 24.9 Å². The number of benzene rings is 1. The molecule has 5 heteroatoms. The van der Waals surface area contributed by atoms with E-state index >= 15 is 0 Å². The van der Waals surface area contributed by atoms with E-state index in [1.807, 2.05) is 24.3 Å². The first-order valence-electron chi connectivity index (χ1n) is 7.47. The van der Waals surface area contributed by atoms with Crippen molar-refractivity contribution in [2.24, 2.45) is 5.92 Å². The van der Waals surface area contributed by atoms with E-state index in [0.29, 0.717) is 5.92 Å². The van der Waals surface area contributed by atoms with Gasteiger partial charge in [-0.15, -0.1) is 12.4 Å². The van der Waals surface area contributed by atoms with E-state index in [0.717, 1.165) is 31.8 Å². The van der Waals surface area contributed by atoms with Crippen molar-refractivity contribution in [1.82, 2.24) is 10.6 Å². The van der Waals surface area contributed by atoms with Gasteiger partial charge in [0.05, 0.1) is 0 Å². The zero-order chi connectivity index (χ0) is 14.2. The molecule has 0 aliphatic carbocycles. The Labute approximate surface area is 133 Å². The summed E-state index contributed by atoms with van der Waals surface area (Å²) >= 11 is 0. The SMILES string of the molecule is CCc1ccc(OCC(=O)NCC2CCCNC2)cc1.Cl. The molecule has 1 saturated heterocycles. The molecule has 0 spiro atoms. The van der Waals surface area contributed by atoms with Gasteiger partial charge in [-0.1, -0.05) is 19.1 Å². The smallest absolute Gasteiger partial charge is 0.257 e. The molecule has 1 aliphatic heterocycles. The summed E-state index contributed by atoms with van der Waals surface area (Å²) in [6, 6.07) is 7.89. The van der Waals surface area contributed by atoms with Crippen molar-refractivity contribution in [3.63, 3.8) is 0 Å². The van der Waals surface area contributed by atoms with Gasteiger partial charge in [0.2, 0.25) is 0 Å². The predicted octanol–water partition coefficient (Wildman–Crippen LogP) is 2.17. The summed E-state index contributed by atoms with van der Waals surface area (Å²) < 4.78 is 5.48. The largest absolute Gasteiger partial charge is 0.484 e.